The highest BCUT2D eigenvalue weighted by Gasteiger charge is 2.44. The standard InChI is InChI=1S/C27H25F3N2O2S/c1-32-24(34)22-23(20-11-5-3-9-18(20)15-26(22)12-6-7-13-26)31-25(32)35-16-21(33)17-8-2-4-10-19(14-17)27(28,29)30/h2-5,9-11,14H,6-8,12-13,15-16H2,1H3. The molecule has 8 heteroatoms. The molecule has 1 aromatic carbocycles. The highest BCUT2D eigenvalue weighted by Crippen LogP contribution is 2.49. The SMILES string of the molecule is Cn1c(SCC(=O)C2=CC(C(F)(F)F)=CC=CC2)nc2c(c1=O)C1(CCCC1)Cc1ccccc1-2. The first-order valence-electron chi connectivity index (χ1n) is 11.7. The van der Waals surface area contributed by atoms with Gasteiger partial charge in [0.1, 0.15) is 0 Å². The van der Waals surface area contributed by atoms with Crippen LogP contribution in [0.2, 0.25) is 0 Å². The van der Waals surface area contributed by atoms with Gasteiger partial charge in [-0.2, -0.15) is 13.2 Å². The Balaban J connectivity index is 1.48. The first-order chi connectivity index (χ1) is 16.7. The number of carbonyl (C=O) groups excluding carboxylic acids is 1. The number of allylic oxidation sites excluding steroid dienone is 6. The average molecular weight is 499 g/mol. The molecule has 0 radical (unpaired) electrons. The van der Waals surface area contributed by atoms with Gasteiger partial charge in [-0.05, 0) is 37.3 Å². The van der Waals surface area contributed by atoms with Crippen LogP contribution in [0.25, 0.3) is 11.3 Å². The number of halogens is 3. The molecule has 0 atom stereocenters. The molecule has 0 N–H and O–H groups in total. The molecule has 4 nitrogen and oxygen atoms in total. The highest BCUT2D eigenvalue weighted by molar-refractivity contribution is 7.99. The molecule has 1 saturated carbocycles. The summed E-state index contributed by atoms with van der Waals surface area (Å²) >= 11 is 1.09. The summed E-state index contributed by atoms with van der Waals surface area (Å²) in [7, 11) is 1.66. The molecule has 35 heavy (non-hydrogen) atoms. The molecule has 3 aliphatic rings. The van der Waals surface area contributed by atoms with Crippen molar-refractivity contribution in [2.45, 2.75) is 55.3 Å². The van der Waals surface area contributed by atoms with Crippen LogP contribution in [0.1, 0.15) is 43.2 Å². The van der Waals surface area contributed by atoms with E-state index in [4.69, 9.17) is 4.98 Å². The van der Waals surface area contributed by atoms with E-state index in [1.807, 2.05) is 18.2 Å². The zero-order valence-corrected chi connectivity index (χ0v) is 20.1. The van der Waals surface area contributed by atoms with E-state index in [-0.39, 0.29) is 28.7 Å². The molecule has 0 aliphatic heterocycles. The van der Waals surface area contributed by atoms with Crippen molar-refractivity contribution >= 4 is 17.5 Å². The number of aromatic nitrogens is 2. The predicted molar refractivity (Wildman–Crippen MR) is 130 cm³/mol. The van der Waals surface area contributed by atoms with Crippen molar-refractivity contribution in [3.8, 4) is 11.3 Å². The van der Waals surface area contributed by atoms with E-state index in [9.17, 15) is 22.8 Å². The van der Waals surface area contributed by atoms with Crippen molar-refractivity contribution in [2.24, 2.45) is 7.05 Å². The Morgan fingerprint density at radius 2 is 1.94 bits per heavy atom. The number of hydrogen-bond acceptors (Lipinski definition) is 4. The topological polar surface area (TPSA) is 52.0 Å². The summed E-state index contributed by atoms with van der Waals surface area (Å²) < 4.78 is 41.1. The number of Topliss-reactive ketones (excluding diaryl/α,β-unsaturated/α-hetero) is 1. The van der Waals surface area contributed by atoms with E-state index >= 15 is 0 Å². The number of thioether (sulfide) groups is 1. The van der Waals surface area contributed by atoms with Gasteiger partial charge >= 0.3 is 6.18 Å². The van der Waals surface area contributed by atoms with Crippen molar-refractivity contribution in [1.82, 2.24) is 9.55 Å². The molecule has 0 bridgehead atoms. The van der Waals surface area contributed by atoms with Crippen molar-refractivity contribution in [1.29, 1.82) is 0 Å². The Hall–Kier alpha value is -2.87. The second kappa shape index (κ2) is 8.97. The van der Waals surface area contributed by atoms with Crippen LogP contribution in [-0.2, 0) is 23.7 Å². The van der Waals surface area contributed by atoms with Crippen molar-refractivity contribution in [2.75, 3.05) is 5.75 Å². The fraction of sp³-hybridized carbons (Fsp3) is 0.370. The molecular formula is C27H25F3N2O2S. The van der Waals surface area contributed by atoms with Gasteiger partial charge in [0.05, 0.1) is 22.6 Å². The summed E-state index contributed by atoms with van der Waals surface area (Å²) in [6.07, 6.45) is 5.23. The molecule has 0 amide bonds. The van der Waals surface area contributed by atoms with E-state index in [1.54, 1.807) is 7.05 Å². The Morgan fingerprint density at radius 3 is 2.69 bits per heavy atom. The van der Waals surface area contributed by atoms with Crippen LogP contribution >= 0.6 is 11.8 Å². The van der Waals surface area contributed by atoms with Crippen LogP contribution in [-0.4, -0.2) is 27.3 Å². The first kappa shape index (κ1) is 23.9. The largest absolute Gasteiger partial charge is 0.416 e. The van der Waals surface area contributed by atoms with Gasteiger partial charge in [0.15, 0.2) is 10.9 Å². The minimum atomic E-state index is -4.53. The molecule has 5 rings (SSSR count). The van der Waals surface area contributed by atoms with E-state index < -0.39 is 17.5 Å². The molecule has 3 aliphatic carbocycles. The second-order valence-electron chi connectivity index (χ2n) is 9.44. The van der Waals surface area contributed by atoms with Gasteiger partial charge in [-0.1, -0.05) is 67.1 Å². The summed E-state index contributed by atoms with van der Waals surface area (Å²) in [4.78, 5) is 31.3. The molecule has 1 heterocycles. The fourth-order valence-corrected chi connectivity index (χ4v) is 6.35. The number of alkyl halides is 3. The van der Waals surface area contributed by atoms with Crippen LogP contribution in [0.15, 0.2) is 69.7 Å². The van der Waals surface area contributed by atoms with Crippen LogP contribution in [0.5, 0.6) is 0 Å². The fourth-order valence-electron chi connectivity index (χ4n) is 5.48. The number of nitrogens with zero attached hydrogens (tertiary/aromatic N) is 2. The average Bonchev–Trinajstić information content (AvgIpc) is 3.12. The molecule has 0 saturated heterocycles. The highest BCUT2D eigenvalue weighted by atomic mass is 32.2. The van der Waals surface area contributed by atoms with E-state index in [0.29, 0.717) is 10.9 Å². The van der Waals surface area contributed by atoms with Crippen LogP contribution in [0.3, 0.4) is 0 Å². The lowest BCUT2D eigenvalue weighted by molar-refractivity contribution is -0.113. The normalized spacial score (nSPS) is 18.5. The second-order valence-corrected chi connectivity index (χ2v) is 10.4. The van der Waals surface area contributed by atoms with Crippen molar-refractivity contribution < 1.29 is 18.0 Å². The third-order valence-corrected chi connectivity index (χ3v) is 8.27. The summed E-state index contributed by atoms with van der Waals surface area (Å²) in [5.41, 5.74) is 2.52. The summed E-state index contributed by atoms with van der Waals surface area (Å²) in [5.74, 6) is -0.507. The number of ketones is 1. The lowest BCUT2D eigenvalue weighted by Gasteiger charge is -2.36. The third-order valence-electron chi connectivity index (χ3n) is 7.24. The lowest BCUT2D eigenvalue weighted by atomic mass is 9.68. The predicted octanol–water partition coefficient (Wildman–Crippen LogP) is 5.85. The van der Waals surface area contributed by atoms with Gasteiger partial charge in [-0.25, -0.2) is 4.98 Å². The van der Waals surface area contributed by atoms with Gasteiger partial charge in [0, 0.05) is 23.6 Å². The number of rotatable bonds is 4. The minimum Gasteiger partial charge on any atom is -0.294 e. The Labute approximate surface area is 205 Å². The quantitative estimate of drug-likeness (QED) is 0.392. The van der Waals surface area contributed by atoms with Gasteiger partial charge < -0.3 is 0 Å². The smallest absolute Gasteiger partial charge is 0.294 e. The number of hydrogen-bond donors (Lipinski definition) is 0. The first-order valence-corrected chi connectivity index (χ1v) is 12.7. The van der Waals surface area contributed by atoms with Crippen molar-refractivity contribution in [3.63, 3.8) is 0 Å². The summed E-state index contributed by atoms with van der Waals surface area (Å²) in [6.45, 7) is 0. The van der Waals surface area contributed by atoms with Crippen LogP contribution in [0.4, 0.5) is 13.2 Å². The maximum Gasteiger partial charge on any atom is 0.416 e. The molecule has 182 valence electrons. The summed E-state index contributed by atoms with van der Waals surface area (Å²) in [5, 5.41) is 0.392. The molecule has 1 spiro atoms. The Kier molecular flexibility index (Phi) is 6.11. The molecule has 1 aromatic heterocycles. The minimum absolute atomic E-state index is 0.0908. The molecule has 2 aromatic rings. The van der Waals surface area contributed by atoms with Crippen molar-refractivity contribution in [3.05, 3.63) is 81.2 Å². The maximum atomic E-state index is 13.6. The zero-order chi connectivity index (χ0) is 24.8. The van der Waals surface area contributed by atoms with Gasteiger partial charge in [-0.15, -0.1) is 0 Å². The van der Waals surface area contributed by atoms with E-state index in [2.05, 4.69) is 6.07 Å². The van der Waals surface area contributed by atoms with Gasteiger partial charge in [0.25, 0.3) is 5.56 Å². The van der Waals surface area contributed by atoms with Crippen LogP contribution in [0, 0.1) is 0 Å². The van der Waals surface area contributed by atoms with Gasteiger partial charge in [-0.3, -0.25) is 14.2 Å². The number of benzene rings is 1. The Bertz CT molecular complexity index is 1350. The monoisotopic (exact) mass is 498 g/mol. The third kappa shape index (κ3) is 4.33. The number of fused-ring (bicyclic) bond motifs is 4. The Morgan fingerprint density at radius 1 is 1.20 bits per heavy atom. The van der Waals surface area contributed by atoms with Crippen LogP contribution < -0.4 is 5.56 Å². The van der Waals surface area contributed by atoms with E-state index in [0.717, 1.165) is 67.1 Å². The maximum absolute atomic E-state index is 13.6. The molecular weight excluding hydrogens is 473 g/mol. The molecule has 0 unspecified atom stereocenters. The number of carbonyl (C=O) groups is 1. The van der Waals surface area contributed by atoms with Gasteiger partial charge in [0.2, 0.25) is 0 Å². The summed E-state index contributed by atoms with van der Waals surface area (Å²) in [6, 6.07) is 8.00. The lowest BCUT2D eigenvalue weighted by Crippen LogP contribution is -2.39. The molecule has 1 fully saturated rings. The zero-order valence-electron chi connectivity index (χ0n) is 19.3. The van der Waals surface area contributed by atoms with E-state index in [1.165, 1.54) is 22.3 Å².